The van der Waals surface area contributed by atoms with Crippen LogP contribution in [0, 0.1) is 20.8 Å². The fraction of sp³-hybridized carbons (Fsp3) is 0.364. The predicted molar refractivity (Wildman–Crippen MR) is 119 cm³/mol. The molecular formula is C22H27N7O. The minimum Gasteiger partial charge on any atom is -0.356 e. The topological polar surface area (TPSA) is 88.0 Å². The van der Waals surface area contributed by atoms with Crippen LogP contribution in [0.5, 0.6) is 0 Å². The zero-order valence-electron chi connectivity index (χ0n) is 17.9. The van der Waals surface area contributed by atoms with Gasteiger partial charge in [-0.1, -0.05) is 0 Å². The van der Waals surface area contributed by atoms with Crippen molar-refractivity contribution in [2.24, 2.45) is 7.05 Å². The molecule has 1 aliphatic rings. The summed E-state index contributed by atoms with van der Waals surface area (Å²) in [6.07, 6.45) is 2.41. The van der Waals surface area contributed by atoms with Crippen LogP contribution < -0.4 is 15.5 Å². The van der Waals surface area contributed by atoms with Gasteiger partial charge in [-0.2, -0.15) is 10.1 Å². The fourth-order valence-electron chi connectivity index (χ4n) is 3.78. The lowest BCUT2D eigenvalue weighted by Crippen LogP contribution is -2.19. The Bertz CT molecular complexity index is 1070. The number of nitrogens with zero attached hydrogens (tertiary/aromatic N) is 5. The van der Waals surface area contributed by atoms with Crippen molar-refractivity contribution in [2.45, 2.75) is 33.6 Å². The molecule has 3 aromatic rings. The van der Waals surface area contributed by atoms with E-state index in [1.54, 1.807) is 4.68 Å². The van der Waals surface area contributed by atoms with E-state index < -0.39 is 0 Å². The van der Waals surface area contributed by atoms with Crippen LogP contribution in [-0.2, 0) is 7.05 Å². The van der Waals surface area contributed by atoms with E-state index in [0.717, 1.165) is 47.4 Å². The Morgan fingerprint density at radius 1 is 1.00 bits per heavy atom. The fourth-order valence-corrected chi connectivity index (χ4v) is 3.78. The first kappa shape index (κ1) is 19.9. The molecule has 0 aliphatic carbocycles. The van der Waals surface area contributed by atoms with Gasteiger partial charge in [-0.05, 0) is 57.9 Å². The molecule has 1 saturated heterocycles. The van der Waals surface area contributed by atoms with E-state index in [0.29, 0.717) is 11.5 Å². The number of benzene rings is 1. The molecule has 30 heavy (non-hydrogen) atoms. The molecule has 3 heterocycles. The minimum absolute atomic E-state index is 0.156. The van der Waals surface area contributed by atoms with Crippen LogP contribution in [0.25, 0.3) is 0 Å². The molecule has 156 valence electrons. The Morgan fingerprint density at radius 3 is 2.30 bits per heavy atom. The van der Waals surface area contributed by atoms with Crippen LogP contribution in [-0.4, -0.2) is 38.7 Å². The zero-order valence-corrected chi connectivity index (χ0v) is 17.9. The first-order valence-corrected chi connectivity index (χ1v) is 10.2. The Morgan fingerprint density at radius 2 is 1.67 bits per heavy atom. The molecule has 4 rings (SSSR count). The number of carbonyl (C=O) groups excluding carboxylic acids is 1. The van der Waals surface area contributed by atoms with Gasteiger partial charge in [-0.25, -0.2) is 4.98 Å². The number of rotatable bonds is 5. The van der Waals surface area contributed by atoms with Gasteiger partial charge in [-0.15, -0.1) is 0 Å². The van der Waals surface area contributed by atoms with E-state index in [1.807, 2.05) is 58.2 Å². The molecule has 0 radical (unpaired) electrons. The van der Waals surface area contributed by atoms with Crippen molar-refractivity contribution in [1.82, 2.24) is 19.7 Å². The molecule has 0 bridgehead atoms. The van der Waals surface area contributed by atoms with E-state index in [1.165, 1.54) is 12.8 Å². The first-order valence-electron chi connectivity index (χ1n) is 10.2. The van der Waals surface area contributed by atoms with Crippen molar-refractivity contribution >= 4 is 29.0 Å². The Balaban J connectivity index is 1.46. The smallest absolute Gasteiger partial charge is 0.259 e. The molecule has 8 nitrogen and oxygen atoms in total. The van der Waals surface area contributed by atoms with Gasteiger partial charge < -0.3 is 15.5 Å². The molecule has 0 saturated carbocycles. The molecule has 0 spiro atoms. The van der Waals surface area contributed by atoms with Gasteiger partial charge in [0.25, 0.3) is 5.91 Å². The van der Waals surface area contributed by atoms with Gasteiger partial charge in [0.15, 0.2) is 0 Å². The monoisotopic (exact) mass is 405 g/mol. The summed E-state index contributed by atoms with van der Waals surface area (Å²) < 4.78 is 1.72. The number of amides is 1. The van der Waals surface area contributed by atoms with Crippen LogP contribution in [0.15, 0.2) is 30.3 Å². The maximum atomic E-state index is 12.6. The first-order chi connectivity index (χ1) is 14.4. The normalized spacial score (nSPS) is 13.5. The maximum Gasteiger partial charge on any atom is 0.259 e. The van der Waals surface area contributed by atoms with Gasteiger partial charge in [0.1, 0.15) is 5.82 Å². The largest absolute Gasteiger partial charge is 0.356 e. The third-order valence-corrected chi connectivity index (χ3v) is 5.41. The lowest BCUT2D eigenvalue weighted by atomic mass is 10.2. The van der Waals surface area contributed by atoms with Crippen molar-refractivity contribution in [3.05, 3.63) is 53.0 Å². The minimum atomic E-state index is -0.156. The zero-order chi connectivity index (χ0) is 21.3. The van der Waals surface area contributed by atoms with Gasteiger partial charge in [0.05, 0.1) is 11.3 Å². The van der Waals surface area contributed by atoms with Crippen LogP contribution in [0.3, 0.4) is 0 Å². The highest BCUT2D eigenvalue weighted by atomic mass is 16.1. The summed E-state index contributed by atoms with van der Waals surface area (Å²) >= 11 is 0. The molecule has 1 aromatic carbocycles. The van der Waals surface area contributed by atoms with Crippen molar-refractivity contribution in [1.29, 1.82) is 0 Å². The number of carbonyl (C=O) groups is 1. The highest BCUT2D eigenvalue weighted by Gasteiger charge is 2.18. The highest BCUT2D eigenvalue weighted by Crippen LogP contribution is 2.23. The summed E-state index contributed by atoms with van der Waals surface area (Å²) in [5.74, 6) is 1.39. The van der Waals surface area contributed by atoms with Gasteiger partial charge in [0.2, 0.25) is 5.95 Å². The Hall–Kier alpha value is -3.42. The molecule has 1 aliphatic heterocycles. The number of hydrogen-bond acceptors (Lipinski definition) is 6. The van der Waals surface area contributed by atoms with Gasteiger partial charge in [-0.3, -0.25) is 9.48 Å². The molecule has 1 amide bonds. The van der Waals surface area contributed by atoms with Crippen LogP contribution in [0.1, 0.15) is 40.3 Å². The summed E-state index contributed by atoms with van der Waals surface area (Å²) in [5, 5.41) is 10.5. The molecular weight excluding hydrogens is 378 g/mol. The molecule has 0 atom stereocenters. The summed E-state index contributed by atoms with van der Waals surface area (Å²) in [4.78, 5) is 24.1. The van der Waals surface area contributed by atoms with Gasteiger partial charge in [0, 0.05) is 49.0 Å². The van der Waals surface area contributed by atoms with Gasteiger partial charge >= 0.3 is 0 Å². The standard InChI is InChI=1S/C22H27N7O/c1-14-13-19(29-11-5-6-12-29)26-22(23-14)25-18-9-7-17(8-10-18)24-21(30)20-15(2)27-28(4)16(20)3/h7-10,13H,5-6,11-12H2,1-4H3,(H,24,30)(H,23,25,26). The van der Waals surface area contributed by atoms with Crippen molar-refractivity contribution in [2.75, 3.05) is 28.6 Å². The third-order valence-electron chi connectivity index (χ3n) is 5.41. The van der Waals surface area contributed by atoms with E-state index in [9.17, 15) is 4.79 Å². The molecule has 8 heteroatoms. The average molecular weight is 406 g/mol. The molecule has 0 unspecified atom stereocenters. The Kier molecular flexibility index (Phi) is 5.39. The number of aryl methyl sites for hydroxylation is 3. The number of hydrogen-bond donors (Lipinski definition) is 2. The quantitative estimate of drug-likeness (QED) is 0.672. The van der Waals surface area contributed by atoms with E-state index in [4.69, 9.17) is 0 Å². The second-order valence-corrected chi connectivity index (χ2v) is 7.71. The lowest BCUT2D eigenvalue weighted by molar-refractivity contribution is 0.102. The highest BCUT2D eigenvalue weighted by molar-refractivity contribution is 6.05. The van der Waals surface area contributed by atoms with Crippen molar-refractivity contribution in [3.63, 3.8) is 0 Å². The second-order valence-electron chi connectivity index (χ2n) is 7.71. The van der Waals surface area contributed by atoms with Crippen LogP contribution in [0.4, 0.5) is 23.1 Å². The van der Waals surface area contributed by atoms with E-state index in [2.05, 4.69) is 30.6 Å². The predicted octanol–water partition coefficient (Wildman–Crippen LogP) is 3.73. The van der Waals surface area contributed by atoms with Crippen LogP contribution >= 0.6 is 0 Å². The maximum absolute atomic E-state index is 12.6. The summed E-state index contributed by atoms with van der Waals surface area (Å²) in [7, 11) is 1.84. The molecule has 2 N–H and O–H groups in total. The van der Waals surface area contributed by atoms with Crippen molar-refractivity contribution in [3.8, 4) is 0 Å². The molecule has 2 aromatic heterocycles. The van der Waals surface area contributed by atoms with E-state index in [-0.39, 0.29) is 5.91 Å². The second kappa shape index (κ2) is 8.14. The number of anilines is 4. The third kappa shape index (κ3) is 4.12. The summed E-state index contributed by atoms with van der Waals surface area (Å²) in [5.41, 5.74) is 4.68. The number of aromatic nitrogens is 4. The average Bonchev–Trinajstić information content (AvgIpc) is 3.31. The van der Waals surface area contributed by atoms with Crippen molar-refractivity contribution < 1.29 is 4.79 Å². The van der Waals surface area contributed by atoms with E-state index >= 15 is 0 Å². The summed E-state index contributed by atoms with van der Waals surface area (Å²) in [6, 6.07) is 9.55. The lowest BCUT2D eigenvalue weighted by Gasteiger charge is -2.17. The summed E-state index contributed by atoms with van der Waals surface area (Å²) in [6.45, 7) is 7.79. The number of nitrogens with one attached hydrogen (secondary N) is 2. The Labute approximate surface area is 176 Å². The molecule has 1 fully saturated rings. The SMILES string of the molecule is Cc1cc(N2CCCC2)nc(Nc2ccc(NC(=O)c3c(C)nn(C)c3C)cc2)n1. The van der Waals surface area contributed by atoms with Crippen LogP contribution in [0.2, 0.25) is 0 Å².